The smallest absolute Gasteiger partial charge is 0.184 e. The predicted molar refractivity (Wildman–Crippen MR) is 159 cm³/mol. The zero-order chi connectivity index (χ0) is 27.8. The van der Waals surface area contributed by atoms with E-state index in [1.807, 2.05) is 0 Å². The second-order valence-electron chi connectivity index (χ2n) is 10.5. The van der Waals surface area contributed by atoms with Crippen molar-refractivity contribution in [2.75, 3.05) is 32.0 Å². The van der Waals surface area contributed by atoms with Gasteiger partial charge in [-0.05, 0) is 80.6 Å². The maximum Gasteiger partial charge on any atom is 0.184 e. The minimum atomic E-state index is -0.505. The topological polar surface area (TPSA) is 49.4 Å². The van der Waals surface area contributed by atoms with Crippen LogP contribution in [0.3, 0.4) is 0 Å². The van der Waals surface area contributed by atoms with Crippen molar-refractivity contribution >= 4 is 17.2 Å². The molecule has 0 saturated carbocycles. The van der Waals surface area contributed by atoms with E-state index >= 15 is 0 Å². The molecule has 0 aliphatic carbocycles. The number of hydrogen-bond acceptors (Lipinski definition) is 6. The summed E-state index contributed by atoms with van der Waals surface area (Å²) >= 11 is 0. The van der Waals surface area contributed by atoms with E-state index in [2.05, 4.69) is 88.0 Å². The van der Waals surface area contributed by atoms with Gasteiger partial charge in [0, 0.05) is 32.5 Å². The first kappa shape index (κ1) is 36.6. The van der Waals surface area contributed by atoms with E-state index in [1.54, 1.807) is 0 Å². The zero-order valence-corrected chi connectivity index (χ0v) is 27.7. The Morgan fingerprint density at radius 3 is 1.22 bits per heavy atom. The van der Waals surface area contributed by atoms with Gasteiger partial charge in [0.25, 0.3) is 0 Å². The van der Waals surface area contributed by atoms with E-state index in [1.165, 1.54) is 0 Å². The van der Waals surface area contributed by atoms with Crippen LogP contribution in [0.5, 0.6) is 0 Å². The molecule has 3 unspecified atom stereocenters. The quantitative estimate of drug-likeness (QED) is 0.0958. The largest absolute Gasteiger partial charge is 0.363 e. The predicted octanol–water partition coefficient (Wildman–Crippen LogP) is 7.64. The van der Waals surface area contributed by atoms with E-state index in [4.69, 9.17) is 23.7 Å². The van der Waals surface area contributed by atoms with E-state index in [-0.39, 0.29) is 30.6 Å². The van der Waals surface area contributed by atoms with Gasteiger partial charge in [-0.25, -0.2) is 0 Å². The summed E-state index contributed by atoms with van der Waals surface area (Å²) in [4.78, 5) is 2.52. The van der Waals surface area contributed by atoms with Crippen molar-refractivity contribution in [2.24, 2.45) is 0 Å². The summed E-state index contributed by atoms with van der Waals surface area (Å²) < 4.78 is 31.7. The molecule has 6 nitrogen and oxygen atoms in total. The fourth-order valence-electron chi connectivity index (χ4n) is 4.24. The summed E-state index contributed by atoms with van der Waals surface area (Å²) in [5, 5.41) is 0. The van der Waals surface area contributed by atoms with Gasteiger partial charge in [-0.15, -0.1) is 0 Å². The summed E-state index contributed by atoms with van der Waals surface area (Å²) in [5.74, 6) is 0. The first-order valence-electron chi connectivity index (χ1n) is 14.4. The Hall–Kier alpha value is 0.620. The van der Waals surface area contributed by atoms with Crippen molar-refractivity contribution in [1.29, 1.82) is 0 Å². The molecule has 0 heterocycles. The minimum Gasteiger partial charge on any atom is -0.363 e. The van der Waals surface area contributed by atoms with Crippen LogP contribution in [-0.4, -0.2) is 78.6 Å². The molecule has 0 N–H and O–H groups in total. The van der Waals surface area contributed by atoms with E-state index < -0.39 is 11.1 Å². The highest BCUT2D eigenvalue weighted by Crippen LogP contribution is 2.41. The van der Waals surface area contributed by atoms with Crippen molar-refractivity contribution in [1.82, 2.24) is 4.90 Å². The van der Waals surface area contributed by atoms with Gasteiger partial charge in [0.2, 0.25) is 0 Å². The van der Waals surface area contributed by atoms with E-state index in [9.17, 15) is 0 Å². The molecule has 0 fully saturated rings. The van der Waals surface area contributed by atoms with Crippen LogP contribution in [-0.2, 0) is 23.7 Å². The summed E-state index contributed by atoms with van der Waals surface area (Å²) in [6.45, 7) is 28.2. The molecule has 0 bridgehead atoms. The molecule has 0 aliphatic heterocycles. The lowest BCUT2D eigenvalue weighted by Crippen LogP contribution is -2.42. The average Bonchev–Trinajstić information content (AvgIpc) is 2.77. The van der Waals surface area contributed by atoms with Crippen molar-refractivity contribution in [3.63, 3.8) is 0 Å². The molecule has 0 saturated heterocycles. The van der Waals surface area contributed by atoms with Crippen molar-refractivity contribution in [2.45, 2.75) is 150 Å². The van der Waals surface area contributed by atoms with Gasteiger partial charge in [0.15, 0.2) is 11.1 Å². The van der Waals surface area contributed by atoms with Crippen LogP contribution in [0, 0.1) is 0 Å². The molecule has 0 radical (unpaired) electrons. The molecule has 218 valence electrons. The third kappa shape index (κ3) is 15.3. The summed E-state index contributed by atoms with van der Waals surface area (Å²) in [6.07, 6.45) is 6.40. The molecule has 0 aromatic carbocycles. The average molecular weight is 554 g/mol. The molecule has 8 heteroatoms. The monoisotopic (exact) mass is 553 g/mol. The third-order valence-corrected chi connectivity index (χ3v) is 8.70. The van der Waals surface area contributed by atoms with Crippen molar-refractivity contribution < 1.29 is 23.7 Å². The lowest BCUT2D eigenvalue weighted by Gasteiger charge is -2.39. The second-order valence-corrected chi connectivity index (χ2v) is 13.7. The van der Waals surface area contributed by atoms with Crippen LogP contribution in [0.4, 0.5) is 0 Å². The molecule has 0 aromatic rings. The maximum atomic E-state index is 6.35. The Labute approximate surface area is 228 Å². The van der Waals surface area contributed by atoms with Gasteiger partial charge >= 0.3 is 0 Å². The summed E-state index contributed by atoms with van der Waals surface area (Å²) in [7, 11) is 1.13. The van der Waals surface area contributed by atoms with Crippen LogP contribution in [0.25, 0.3) is 0 Å². The van der Waals surface area contributed by atoms with Crippen molar-refractivity contribution in [3.8, 4) is 0 Å². The SMILES string of the molecule is CCCOC(CC)N(CCPC(CC)(OC(C)C)OC(C)C)CCPC(CC)(OC(C)C)OC(C)C. The second kappa shape index (κ2) is 19.6. The first-order valence-corrected chi connectivity index (χ1v) is 16.9. The Kier molecular flexibility index (Phi) is 20.0. The lowest BCUT2D eigenvalue weighted by molar-refractivity contribution is -0.211. The first-order chi connectivity index (χ1) is 16.9. The molecular weight excluding hydrogens is 492 g/mol. The normalized spacial score (nSPS) is 14.9. The van der Waals surface area contributed by atoms with Crippen LogP contribution < -0.4 is 0 Å². The molecule has 0 amide bonds. The molecule has 3 atom stereocenters. The molecule has 0 rings (SSSR count). The van der Waals surface area contributed by atoms with Crippen LogP contribution in [0.15, 0.2) is 0 Å². The third-order valence-electron chi connectivity index (χ3n) is 5.49. The van der Waals surface area contributed by atoms with Crippen LogP contribution in [0.1, 0.15) is 109 Å². The summed E-state index contributed by atoms with van der Waals surface area (Å²) in [6, 6.07) is 0. The van der Waals surface area contributed by atoms with Gasteiger partial charge in [-0.1, -0.05) is 44.9 Å². The minimum absolute atomic E-state index is 0.126. The number of ether oxygens (including phenoxy) is 5. The number of rotatable bonds is 23. The molecule has 36 heavy (non-hydrogen) atoms. The van der Waals surface area contributed by atoms with Crippen LogP contribution >= 0.6 is 17.2 Å². The fraction of sp³-hybridized carbons (Fsp3) is 1.00. The Balaban J connectivity index is 5.46. The highest BCUT2D eigenvalue weighted by molar-refractivity contribution is 7.39. The van der Waals surface area contributed by atoms with Crippen LogP contribution in [0.2, 0.25) is 0 Å². The fourth-order valence-corrected chi connectivity index (χ4v) is 7.58. The molecule has 0 aliphatic rings. The van der Waals surface area contributed by atoms with E-state index in [0.29, 0.717) is 17.2 Å². The molecule has 0 spiro atoms. The molecular formula is C28H61NO5P2. The standard InChI is InChI=1S/C28H61NO5P2/c1-13-19-30-26(14-2)29(17-20-35-27(15-3,31-22(5)6)32-23(7)8)18-21-36-28(16-4,33-24(9)10)34-25(11)12/h22-26,35-36H,13-21H2,1-12H3. The van der Waals surface area contributed by atoms with Gasteiger partial charge in [-0.3, -0.25) is 4.90 Å². The number of hydrogen-bond donors (Lipinski definition) is 0. The molecule has 0 aromatic heterocycles. The van der Waals surface area contributed by atoms with E-state index in [0.717, 1.165) is 57.7 Å². The van der Waals surface area contributed by atoms with Gasteiger partial charge < -0.3 is 23.7 Å². The summed E-state index contributed by atoms with van der Waals surface area (Å²) in [5.41, 5.74) is -1.01. The Morgan fingerprint density at radius 2 is 0.972 bits per heavy atom. The van der Waals surface area contributed by atoms with Gasteiger partial charge in [-0.2, -0.15) is 0 Å². The maximum absolute atomic E-state index is 6.35. The Bertz CT molecular complexity index is 476. The zero-order valence-electron chi connectivity index (χ0n) is 25.7. The van der Waals surface area contributed by atoms with Gasteiger partial charge in [0.1, 0.15) is 6.23 Å². The highest BCUT2D eigenvalue weighted by atomic mass is 31.1. The lowest BCUT2D eigenvalue weighted by atomic mass is 10.3. The Morgan fingerprint density at radius 1 is 0.611 bits per heavy atom. The highest BCUT2D eigenvalue weighted by Gasteiger charge is 2.34. The number of nitrogens with zero attached hydrogens (tertiary/aromatic N) is 1. The van der Waals surface area contributed by atoms with Gasteiger partial charge in [0.05, 0.1) is 24.4 Å². The van der Waals surface area contributed by atoms with Crippen molar-refractivity contribution in [3.05, 3.63) is 0 Å².